The van der Waals surface area contributed by atoms with Crippen molar-refractivity contribution in [3.8, 4) is 11.4 Å². The fraction of sp³-hybridized carbons (Fsp3) is 0.389. The van der Waals surface area contributed by atoms with Crippen molar-refractivity contribution in [2.24, 2.45) is 11.8 Å². The van der Waals surface area contributed by atoms with Gasteiger partial charge in [0, 0.05) is 23.5 Å². The van der Waals surface area contributed by atoms with Gasteiger partial charge in [0.25, 0.3) is 5.89 Å². The summed E-state index contributed by atoms with van der Waals surface area (Å²) >= 11 is 0. The van der Waals surface area contributed by atoms with Crippen LogP contribution in [0.15, 0.2) is 47.3 Å². The van der Waals surface area contributed by atoms with Gasteiger partial charge in [-0.1, -0.05) is 23.4 Å². The highest BCUT2D eigenvalue weighted by Crippen LogP contribution is 2.33. The summed E-state index contributed by atoms with van der Waals surface area (Å²) < 4.78 is 5.48. The summed E-state index contributed by atoms with van der Waals surface area (Å²) in [4.78, 5) is 8.56. The van der Waals surface area contributed by atoms with E-state index >= 15 is 0 Å². The Labute approximate surface area is 135 Å². The molecule has 0 amide bonds. The van der Waals surface area contributed by atoms with Gasteiger partial charge in [-0.3, -0.25) is 4.98 Å². The number of nitrogens with zero attached hydrogens (tertiary/aromatic N) is 3. The van der Waals surface area contributed by atoms with Crippen molar-refractivity contribution in [2.45, 2.75) is 19.3 Å². The summed E-state index contributed by atoms with van der Waals surface area (Å²) in [6, 6.07) is 3.77. The number of rotatable bonds is 3. The van der Waals surface area contributed by atoms with Crippen LogP contribution in [0.3, 0.4) is 0 Å². The summed E-state index contributed by atoms with van der Waals surface area (Å²) in [6.45, 7) is 2.25. The van der Waals surface area contributed by atoms with Gasteiger partial charge in [-0.25, -0.2) is 0 Å². The largest absolute Gasteiger partial charge is 0.334 e. The van der Waals surface area contributed by atoms with Crippen molar-refractivity contribution >= 4 is 5.57 Å². The maximum Gasteiger partial charge on any atom is 0.257 e. The van der Waals surface area contributed by atoms with Crippen molar-refractivity contribution in [3.63, 3.8) is 0 Å². The molecule has 118 valence electrons. The van der Waals surface area contributed by atoms with E-state index in [-0.39, 0.29) is 0 Å². The van der Waals surface area contributed by atoms with E-state index < -0.39 is 0 Å². The fourth-order valence-electron chi connectivity index (χ4n) is 3.41. The molecule has 2 aromatic rings. The number of hydrogen-bond donors (Lipinski definition) is 1. The second-order valence-electron chi connectivity index (χ2n) is 6.17. The molecule has 1 aliphatic heterocycles. The zero-order valence-corrected chi connectivity index (χ0v) is 13.0. The van der Waals surface area contributed by atoms with E-state index in [1.54, 1.807) is 12.4 Å². The second-order valence-corrected chi connectivity index (χ2v) is 6.17. The topological polar surface area (TPSA) is 63.8 Å². The highest BCUT2D eigenvalue weighted by Gasteiger charge is 2.24. The predicted molar refractivity (Wildman–Crippen MR) is 88.3 cm³/mol. The molecule has 23 heavy (non-hydrogen) atoms. The van der Waals surface area contributed by atoms with Crippen LogP contribution in [0.5, 0.6) is 0 Å². The van der Waals surface area contributed by atoms with Crippen LogP contribution in [0.2, 0.25) is 0 Å². The molecule has 1 N–H and O–H groups in total. The Balaban J connectivity index is 1.56. The Morgan fingerprint density at radius 2 is 1.96 bits per heavy atom. The third-order valence-electron chi connectivity index (χ3n) is 4.70. The van der Waals surface area contributed by atoms with Gasteiger partial charge in [0.15, 0.2) is 0 Å². The van der Waals surface area contributed by atoms with Gasteiger partial charge in [-0.15, -0.1) is 0 Å². The van der Waals surface area contributed by atoms with Crippen molar-refractivity contribution in [1.29, 1.82) is 0 Å². The Morgan fingerprint density at radius 1 is 1.13 bits per heavy atom. The van der Waals surface area contributed by atoms with Crippen LogP contribution in [0.1, 0.15) is 25.2 Å². The third kappa shape index (κ3) is 3.10. The van der Waals surface area contributed by atoms with Crippen LogP contribution in [-0.4, -0.2) is 28.2 Å². The molecule has 1 unspecified atom stereocenters. The molecule has 0 spiro atoms. The Kier molecular flexibility index (Phi) is 4.03. The van der Waals surface area contributed by atoms with E-state index in [9.17, 15) is 0 Å². The molecule has 0 saturated carbocycles. The molecule has 5 nitrogen and oxygen atoms in total. The molecule has 1 saturated heterocycles. The minimum absolute atomic E-state index is 0.577. The van der Waals surface area contributed by atoms with Crippen molar-refractivity contribution < 1.29 is 4.52 Å². The molecule has 2 aliphatic rings. The monoisotopic (exact) mass is 308 g/mol. The van der Waals surface area contributed by atoms with Crippen molar-refractivity contribution in [1.82, 2.24) is 20.4 Å². The summed E-state index contributed by atoms with van der Waals surface area (Å²) in [7, 11) is 0. The molecule has 3 heterocycles. The van der Waals surface area contributed by atoms with Crippen LogP contribution in [0.4, 0.5) is 0 Å². The smallest absolute Gasteiger partial charge is 0.257 e. The third-order valence-corrected chi connectivity index (χ3v) is 4.70. The average Bonchev–Trinajstić information content (AvgIpc) is 3.14. The molecule has 0 radical (unpaired) electrons. The van der Waals surface area contributed by atoms with Crippen LogP contribution in [0, 0.1) is 11.8 Å². The standard InChI is InChI=1S/C18H20N4O/c1-2-15(13-4-8-19-9-5-13)12-16(3-1)18-21-17(22-23-18)14-6-10-20-11-7-14/h1,3,6-7,10-13,15,19H,2,4-5,8-9H2. The van der Waals surface area contributed by atoms with Crippen LogP contribution in [0.25, 0.3) is 17.0 Å². The van der Waals surface area contributed by atoms with Gasteiger partial charge < -0.3 is 9.84 Å². The lowest BCUT2D eigenvalue weighted by atomic mass is 9.80. The lowest BCUT2D eigenvalue weighted by Gasteiger charge is -2.29. The van der Waals surface area contributed by atoms with Gasteiger partial charge in [0.1, 0.15) is 0 Å². The van der Waals surface area contributed by atoms with Gasteiger partial charge in [0.2, 0.25) is 5.82 Å². The minimum Gasteiger partial charge on any atom is -0.334 e. The van der Waals surface area contributed by atoms with E-state index in [1.165, 1.54) is 12.8 Å². The van der Waals surface area contributed by atoms with E-state index in [1.807, 2.05) is 12.1 Å². The molecule has 0 aromatic carbocycles. The fourth-order valence-corrected chi connectivity index (χ4v) is 3.41. The van der Waals surface area contributed by atoms with E-state index in [2.05, 4.69) is 38.7 Å². The molecule has 1 atom stereocenters. The zero-order chi connectivity index (χ0) is 15.5. The SMILES string of the molecule is C1=CC(c2nc(-c3ccncc3)no2)=CC(C2CCNCC2)C1. The predicted octanol–water partition coefficient (Wildman–Crippen LogP) is 3.09. The maximum absolute atomic E-state index is 5.48. The number of piperidine rings is 1. The number of nitrogens with one attached hydrogen (secondary N) is 1. The summed E-state index contributed by atoms with van der Waals surface area (Å²) in [5.74, 6) is 2.54. The van der Waals surface area contributed by atoms with Gasteiger partial charge in [-0.2, -0.15) is 4.98 Å². The number of aromatic nitrogens is 3. The molecule has 1 fully saturated rings. The molecule has 4 rings (SSSR count). The number of pyridine rings is 1. The summed E-state index contributed by atoms with van der Waals surface area (Å²) in [5.41, 5.74) is 1.97. The van der Waals surface area contributed by atoms with E-state index in [4.69, 9.17) is 4.52 Å². The molecule has 1 aliphatic carbocycles. The van der Waals surface area contributed by atoms with Crippen molar-refractivity contribution in [3.05, 3.63) is 48.6 Å². The first-order valence-corrected chi connectivity index (χ1v) is 8.24. The lowest BCUT2D eigenvalue weighted by Crippen LogP contribution is -2.31. The lowest BCUT2D eigenvalue weighted by molar-refractivity contribution is 0.299. The van der Waals surface area contributed by atoms with E-state index in [0.717, 1.165) is 36.6 Å². The van der Waals surface area contributed by atoms with Crippen molar-refractivity contribution in [2.75, 3.05) is 13.1 Å². The first-order valence-electron chi connectivity index (χ1n) is 8.24. The Bertz CT molecular complexity index is 714. The molecule has 0 bridgehead atoms. The first-order chi connectivity index (χ1) is 11.4. The summed E-state index contributed by atoms with van der Waals surface area (Å²) in [5, 5.41) is 7.53. The average molecular weight is 308 g/mol. The molecular formula is C18H20N4O. The first kappa shape index (κ1) is 14.3. The number of allylic oxidation sites excluding steroid dienone is 4. The normalized spacial score (nSPS) is 22.1. The van der Waals surface area contributed by atoms with Gasteiger partial charge in [0.05, 0.1) is 0 Å². The van der Waals surface area contributed by atoms with Gasteiger partial charge >= 0.3 is 0 Å². The molecular weight excluding hydrogens is 288 g/mol. The van der Waals surface area contributed by atoms with Gasteiger partial charge in [-0.05, 0) is 56.3 Å². The highest BCUT2D eigenvalue weighted by atomic mass is 16.5. The van der Waals surface area contributed by atoms with E-state index in [0.29, 0.717) is 17.6 Å². The second kappa shape index (κ2) is 6.46. The highest BCUT2D eigenvalue weighted by molar-refractivity contribution is 5.70. The minimum atomic E-state index is 0.577. The maximum atomic E-state index is 5.48. The molecule has 5 heteroatoms. The quantitative estimate of drug-likeness (QED) is 0.944. The number of hydrogen-bond acceptors (Lipinski definition) is 5. The van der Waals surface area contributed by atoms with Crippen LogP contribution in [-0.2, 0) is 0 Å². The zero-order valence-electron chi connectivity index (χ0n) is 13.0. The van der Waals surface area contributed by atoms with Crippen LogP contribution >= 0.6 is 0 Å². The Hall–Kier alpha value is -2.27. The van der Waals surface area contributed by atoms with Crippen LogP contribution < -0.4 is 5.32 Å². The molecule has 2 aromatic heterocycles. The Morgan fingerprint density at radius 3 is 2.78 bits per heavy atom. The summed E-state index contributed by atoms with van der Waals surface area (Å²) in [6.07, 6.45) is 13.7.